The Balaban J connectivity index is 1.34. The molecular weight excluding hydrogens is 435 g/mol. The largest absolute Gasteiger partial charge is 0.461 e. The molecule has 1 atom stereocenters. The summed E-state index contributed by atoms with van der Waals surface area (Å²) in [6.07, 6.45) is -0.0236. The Bertz CT molecular complexity index is 988. The molecule has 2 aliphatic heterocycles. The number of carbonyl (C=O) groups is 2. The number of aromatic nitrogens is 1. The van der Waals surface area contributed by atoms with Crippen molar-refractivity contribution in [2.24, 2.45) is 5.92 Å². The van der Waals surface area contributed by atoms with Crippen LogP contribution >= 0.6 is 0 Å². The lowest BCUT2D eigenvalue weighted by Crippen LogP contribution is -2.40. The third kappa shape index (κ3) is 5.46. The maximum atomic E-state index is 13.4. The minimum atomic E-state index is -4.51. The van der Waals surface area contributed by atoms with Crippen LogP contribution in [0.25, 0.3) is 0 Å². The van der Waals surface area contributed by atoms with E-state index in [2.05, 4.69) is 4.98 Å². The van der Waals surface area contributed by atoms with E-state index in [9.17, 15) is 22.8 Å². The molecule has 2 aromatic rings. The fourth-order valence-electron chi connectivity index (χ4n) is 4.35. The Morgan fingerprint density at radius 2 is 1.76 bits per heavy atom. The molecule has 2 aliphatic rings. The van der Waals surface area contributed by atoms with Gasteiger partial charge in [0.05, 0.1) is 11.5 Å². The SMILES string of the molecule is O=C(OCc1ccc(C(=O)N2CCCC2)cc1)C1CCCN(c2ncccc2C(F)(F)F)C1. The van der Waals surface area contributed by atoms with Gasteiger partial charge in [0.1, 0.15) is 12.4 Å². The Labute approximate surface area is 190 Å². The molecule has 0 N–H and O–H groups in total. The molecule has 0 bridgehead atoms. The van der Waals surface area contributed by atoms with Crippen LogP contribution in [0.4, 0.5) is 19.0 Å². The molecular formula is C24H26F3N3O3. The summed E-state index contributed by atoms with van der Waals surface area (Å²) < 4.78 is 45.5. The molecule has 0 spiro atoms. The first-order valence-corrected chi connectivity index (χ1v) is 11.1. The van der Waals surface area contributed by atoms with Crippen LogP contribution in [0.1, 0.15) is 47.2 Å². The summed E-state index contributed by atoms with van der Waals surface area (Å²) in [5, 5.41) is 0. The Kier molecular flexibility index (Phi) is 6.85. The summed E-state index contributed by atoms with van der Waals surface area (Å²) in [5.41, 5.74) is 0.548. The number of ether oxygens (including phenoxy) is 1. The number of carbonyl (C=O) groups excluding carboxylic acids is 2. The van der Waals surface area contributed by atoms with Gasteiger partial charge in [-0.3, -0.25) is 9.59 Å². The molecule has 0 radical (unpaired) electrons. The monoisotopic (exact) mass is 461 g/mol. The van der Waals surface area contributed by atoms with Gasteiger partial charge >= 0.3 is 12.1 Å². The minimum absolute atomic E-state index is 0.00564. The predicted molar refractivity (Wildman–Crippen MR) is 116 cm³/mol. The fourth-order valence-corrected chi connectivity index (χ4v) is 4.35. The predicted octanol–water partition coefficient (Wildman–Crippen LogP) is 4.30. The molecule has 1 unspecified atom stereocenters. The molecule has 9 heteroatoms. The Morgan fingerprint density at radius 3 is 2.45 bits per heavy atom. The zero-order valence-electron chi connectivity index (χ0n) is 18.2. The van der Waals surface area contributed by atoms with Crippen LogP contribution < -0.4 is 4.90 Å². The lowest BCUT2D eigenvalue weighted by atomic mass is 9.97. The zero-order chi connectivity index (χ0) is 23.4. The van der Waals surface area contributed by atoms with Gasteiger partial charge in [-0.05, 0) is 55.5 Å². The molecule has 2 saturated heterocycles. The van der Waals surface area contributed by atoms with Gasteiger partial charge in [0, 0.05) is 37.9 Å². The highest BCUT2D eigenvalue weighted by Crippen LogP contribution is 2.36. The molecule has 1 aromatic carbocycles. The quantitative estimate of drug-likeness (QED) is 0.622. The maximum Gasteiger partial charge on any atom is 0.419 e. The highest BCUT2D eigenvalue weighted by Gasteiger charge is 2.37. The molecule has 33 heavy (non-hydrogen) atoms. The number of benzene rings is 1. The van der Waals surface area contributed by atoms with Crippen LogP contribution in [-0.4, -0.2) is 47.9 Å². The summed E-state index contributed by atoms with van der Waals surface area (Å²) in [7, 11) is 0. The van der Waals surface area contributed by atoms with Crippen molar-refractivity contribution < 1.29 is 27.5 Å². The number of alkyl halides is 3. The number of pyridine rings is 1. The van der Waals surface area contributed by atoms with Crippen molar-refractivity contribution in [1.29, 1.82) is 0 Å². The van der Waals surface area contributed by atoms with E-state index < -0.39 is 23.6 Å². The smallest absolute Gasteiger partial charge is 0.419 e. The van der Waals surface area contributed by atoms with Crippen molar-refractivity contribution in [2.75, 3.05) is 31.1 Å². The van der Waals surface area contributed by atoms with Gasteiger partial charge in [-0.2, -0.15) is 13.2 Å². The Hall–Kier alpha value is -3.10. The molecule has 6 nitrogen and oxygen atoms in total. The second kappa shape index (κ2) is 9.80. The molecule has 176 valence electrons. The number of esters is 1. The van der Waals surface area contributed by atoms with Crippen molar-refractivity contribution in [3.8, 4) is 0 Å². The third-order valence-corrected chi connectivity index (χ3v) is 6.12. The number of rotatable bonds is 5. The van der Waals surface area contributed by atoms with E-state index in [1.54, 1.807) is 24.3 Å². The third-order valence-electron chi connectivity index (χ3n) is 6.12. The van der Waals surface area contributed by atoms with Crippen LogP contribution in [0, 0.1) is 5.92 Å². The lowest BCUT2D eigenvalue weighted by Gasteiger charge is -2.33. The summed E-state index contributed by atoms with van der Waals surface area (Å²) in [5.74, 6) is -1.12. The van der Waals surface area contributed by atoms with Crippen molar-refractivity contribution >= 4 is 17.7 Å². The van der Waals surface area contributed by atoms with E-state index in [0.717, 1.165) is 37.6 Å². The van der Waals surface area contributed by atoms with E-state index >= 15 is 0 Å². The molecule has 0 saturated carbocycles. The number of halogens is 3. The van der Waals surface area contributed by atoms with E-state index in [-0.39, 0.29) is 24.9 Å². The second-order valence-corrected chi connectivity index (χ2v) is 8.46. The molecule has 4 rings (SSSR count). The highest BCUT2D eigenvalue weighted by molar-refractivity contribution is 5.94. The zero-order valence-corrected chi connectivity index (χ0v) is 18.2. The first-order valence-electron chi connectivity index (χ1n) is 11.1. The molecule has 2 fully saturated rings. The van der Waals surface area contributed by atoms with Crippen molar-refractivity contribution in [3.05, 3.63) is 59.3 Å². The molecule has 3 heterocycles. The van der Waals surface area contributed by atoms with E-state index in [0.29, 0.717) is 24.9 Å². The number of hydrogen-bond donors (Lipinski definition) is 0. The van der Waals surface area contributed by atoms with Crippen LogP contribution in [-0.2, 0) is 22.3 Å². The van der Waals surface area contributed by atoms with E-state index in [1.807, 2.05) is 4.90 Å². The number of anilines is 1. The number of nitrogens with zero attached hydrogens (tertiary/aromatic N) is 3. The number of amides is 1. The van der Waals surface area contributed by atoms with Gasteiger partial charge in [-0.15, -0.1) is 0 Å². The fraction of sp³-hybridized carbons (Fsp3) is 0.458. The average molecular weight is 461 g/mol. The first-order chi connectivity index (χ1) is 15.8. The standard InChI is InChI=1S/C24H26F3N3O3/c25-24(26,27)20-6-3-11-28-21(20)30-14-4-5-19(15-30)23(32)33-16-17-7-9-18(10-8-17)22(31)29-12-1-2-13-29/h3,6-11,19H,1-2,4-5,12-16H2. The number of likely N-dealkylation sites (tertiary alicyclic amines) is 1. The summed E-state index contributed by atoms with van der Waals surface area (Å²) in [4.78, 5) is 32.3. The second-order valence-electron chi connectivity index (χ2n) is 8.46. The van der Waals surface area contributed by atoms with Gasteiger partial charge < -0.3 is 14.5 Å². The van der Waals surface area contributed by atoms with Crippen molar-refractivity contribution in [2.45, 2.75) is 38.5 Å². The minimum Gasteiger partial charge on any atom is -0.461 e. The molecule has 0 aliphatic carbocycles. The number of hydrogen-bond acceptors (Lipinski definition) is 5. The van der Waals surface area contributed by atoms with Crippen molar-refractivity contribution in [3.63, 3.8) is 0 Å². The average Bonchev–Trinajstić information content (AvgIpc) is 3.37. The van der Waals surface area contributed by atoms with Crippen LogP contribution in [0.15, 0.2) is 42.6 Å². The van der Waals surface area contributed by atoms with Crippen LogP contribution in [0.2, 0.25) is 0 Å². The van der Waals surface area contributed by atoms with E-state index in [1.165, 1.54) is 17.2 Å². The summed E-state index contributed by atoms with van der Waals surface area (Å²) in [6.45, 7) is 2.13. The molecule has 1 amide bonds. The maximum absolute atomic E-state index is 13.4. The first kappa shape index (κ1) is 23.1. The normalized spacial score (nSPS) is 18.9. The number of piperidine rings is 1. The van der Waals surface area contributed by atoms with Gasteiger partial charge in [-0.1, -0.05) is 12.1 Å². The van der Waals surface area contributed by atoms with Gasteiger partial charge in [-0.25, -0.2) is 4.98 Å². The van der Waals surface area contributed by atoms with Gasteiger partial charge in [0.25, 0.3) is 5.91 Å². The summed E-state index contributed by atoms with van der Waals surface area (Å²) >= 11 is 0. The van der Waals surface area contributed by atoms with E-state index in [4.69, 9.17) is 4.74 Å². The molecule has 1 aromatic heterocycles. The van der Waals surface area contributed by atoms with Crippen LogP contribution in [0.5, 0.6) is 0 Å². The Morgan fingerprint density at radius 1 is 1.03 bits per heavy atom. The highest BCUT2D eigenvalue weighted by atomic mass is 19.4. The van der Waals surface area contributed by atoms with Gasteiger partial charge in [0.15, 0.2) is 0 Å². The van der Waals surface area contributed by atoms with Crippen molar-refractivity contribution in [1.82, 2.24) is 9.88 Å². The van der Waals surface area contributed by atoms with Crippen LogP contribution in [0.3, 0.4) is 0 Å². The lowest BCUT2D eigenvalue weighted by molar-refractivity contribution is -0.150. The topological polar surface area (TPSA) is 62.7 Å². The van der Waals surface area contributed by atoms with Gasteiger partial charge in [0.2, 0.25) is 0 Å². The summed E-state index contributed by atoms with van der Waals surface area (Å²) in [6, 6.07) is 9.23.